The van der Waals surface area contributed by atoms with E-state index in [1.165, 1.54) is 14.2 Å². The van der Waals surface area contributed by atoms with Crippen LogP contribution in [-0.4, -0.2) is 49.2 Å². The average molecular weight is 293 g/mol. The number of nitrogens with zero attached hydrogens (tertiary/aromatic N) is 1. The lowest BCUT2D eigenvalue weighted by Crippen LogP contribution is -2.42. The van der Waals surface area contributed by atoms with Crippen LogP contribution in [0.3, 0.4) is 0 Å². The minimum atomic E-state index is -0.856. The number of carboxylic acids is 1. The third-order valence-corrected chi connectivity index (χ3v) is 3.69. The van der Waals surface area contributed by atoms with Gasteiger partial charge in [-0.1, -0.05) is 0 Å². The van der Waals surface area contributed by atoms with E-state index in [4.69, 9.17) is 14.6 Å². The van der Waals surface area contributed by atoms with Crippen molar-refractivity contribution < 1.29 is 24.2 Å². The zero-order chi connectivity index (χ0) is 15.4. The smallest absolute Gasteiger partial charge is 0.308 e. The first kappa shape index (κ1) is 15.2. The predicted molar refractivity (Wildman–Crippen MR) is 75.8 cm³/mol. The fourth-order valence-corrected chi connectivity index (χ4v) is 2.51. The first-order chi connectivity index (χ1) is 10.1. The van der Waals surface area contributed by atoms with Crippen molar-refractivity contribution in [2.45, 2.75) is 12.8 Å². The Morgan fingerprint density at radius 2 is 2.05 bits per heavy atom. The largest absolute Gasteiger partial charge is 0.497 e. The Morgan fingerprint density at radius 3 is 2.67 bits per heavy atom. The SMILES string of the molecule is COc1ccc(OC)c(C(=O)N2CCC[C@@H](C(=O)O)C2)c1. The number of carbonyl (C=O) groups excluding carboxylic acids is 1. The lowest BCUT2D eigenvalue weighted by molar-refractivity contribution is -0.143. The first-order valence-corrected chi connectivity index (χ1v) is 6.81. The Hall–Kier alpha value is -2.24. The van der Waals surface area contributed by atoms with Crippen molar-refractivity contribution in [1.82, 2.24) is 4.90 Å². The molecule has 6 heteroatoms. The number of likely N-dealkylation sites (tertiary alicyclic amines) is 1. The van der Waals surface area contributed by atoms with Crippen molar-refractivity contribution >= 4 is 11.9 Å². The molecule has 1 aromatic carbocycles. The summed E-state index contributed by atoms with van der Waals surface area (Å²) in [4.78, 5) is 25.3. The molecule has 0 unspecified atom stereocenters. The van der Waals surface area contributed by atoms with Gasteiger partial charge in [0.15, 0.2) is 0 Å². The third-order valence-electron chi connectivity index (χ3n) is 3.69. The Balaban J connectivity index is 2.24. The molecular weight excluding hydrogens is 274 g/mol. The molecule has 1 fully saturated rings. The van der Waals surface area contributed by atoms with E-state index in [0.717, 1.165) is 0 Å². The molecule has 0 aliphatic carbocycles. The molecule has 2 rings (SSSR count). The van der Waals surface area contributed by atoms with Gasteiger partial charge in [0.1, 0.15) is 11.5 Å². The van der Waals surface area contributed by atoms with Crippen molar-refractivity contribution in [3.05, 3.63) is 23.8 Å². The van der Waals surface area contributed by atoms with Gasteiger partial charge in [-0.25, -0.2) is 0 Å². The summed E-state index contributed by atoms with van der Waals surface area (Å²) < 4.78 is 10.3. The van der Waals surface area contributed by atoms with Crippen LogP contribution in [0, 0.1) is 5.92 Å². The van der Waals surface area contributed by atoms with Crippen LogP contribution in [0.4, 0.5) is 0 Å². The van der Waals surface area contributed by atoms with Crippen molar-refractivity contribution in [3.63, 3.8) is 0 Å². The molecule has 1 saturated heterocycles. The van der Waals surface area contributed by atoms with Crippen molar-refractivity contribution in [2.24, 2.45) is 5.92 Å². The first-order valence-electron chi connectivity index (χ1n) is 6.81. The molecular formula is C15H19NO5. The maximum absolute atomic E-state index is 12.6. The molecule has 0 spiro atoms. The Morgan fingerprint density at radius 1 is 1.29 bits per heavy atom. The molecule has 0 aromatic heterocycles. The summed E-state index contributed by atoms with van der Waals surface area (Å²) in [6.07, 6.45) is 1.29. The topological polar surface area (TPSA) is 76.1 Å². The number of carboxylic acid groups (broad SMARTS) is 1. The van der Waals surface area contributed by atoms with Crippen LogP contribution < -0.4 is 9.47 Å². The highest BCUT2D eigenvalue weighted by Gasteiger charge is 2.29. The van der Waals surface area contributed by atoms with Gasteiger partial charge in [0.2, 0.25) is 0 Å². The summed E-state index contributed by atoms with van der Waals surface area (Å²) in [7, 11) is 3.02. The zero-order valence-corrected chi connectivity index (χ0v) is 12.2. The van der Waals surface area contributed by atoms with E-state index < -0.39 is 11.9 Å². The number of ether oxygens (including phenoxy) is 2. The van der Waals surface area contributed by atoms with Crippen molar-refractivity contribution in [3.8, 4) is 11.5 Å². The highest BCUT2D eigenvalue weighted by Crippen LogP contribution is 2.27. The van der Waals surface area contributed by atoms with Gasteiger partial charge >= 0.3 is 5.97 Å². The number of carbonyl (C=O) groups is 2. The van der Waals surface area contributed by atoms with Gasteiger partial charge in [0, 0.05) is 13.1 Å². The minimum absolute atomic E-state index is 0.225. The number of benzene rings is 1. The van der Waals surface area contributed by atoms with E-state index >= 15 is 0 Å². The van der Waals surface area contributed by atoms with Gasteiger partial charge < -0.3 is 19.5 Å². The quantitative estimate of drug-likeness (QED) is 0.913. The summed E-state index contributed by atoms with van der Waals surface area (Å²) in [6.45, 7) is 0.789. The van der Waals surface area contributed by atoms with E-state index in [2.05, 4.69) is 0 Å². The number of rotatable bonds is 4. The monoisotopic (exact) mass is 293 g/mol. The summed E-state index contributed by atoms with van der Waals surface area (Å²) in [5.41, 5.74) is 0.392. The number of methoxy groups -OCH3 is 2. The molecule has 0 saturated carbocycles. The van der Waals surface area contributed by atoms with Gasteiger partial charge in [-0.05, 0) is 31.0 Å². The molecule has 21 heavy (non-hydrogen) atoms. The Labute approximate surface area is 123 Å². The summed E-state index contributed by atoms with van der Waals surface area (Å²) in [5.74, 6) is -0.565. The van der Waals surface area contributed by atoms with E-state index in [1.807, 2.05) is 0 Å². The van der Waals surface area contributed by atoms with E-state index in [1.54, 1.807) is 23.1 Å². The van der Waals surface area contributed by atoms with E-state index in [0.29, 0.717) is 36.4 Å². The highest BCUT2D eigenvalue weighted by atomic mass is 16.5. The molecule has 1 heterocycles. The summed E-state index contributed by atoms with van der Waals surface area (Å²) in [5, 5.41) is 9.11. The van der Waals surface area contributed by atoms with Crippen molar-refractivity contribution in [1.29, 1.82) is 0 Å². The standard InChI is InChI=1S/C15H19NO5/c1-20-11-5-6-13(21-2)12(8-11)14(17)16-7-3-4-10(9-16)15(18)19/h5-6,8,10H,3-4,7,9H2,1-2H3,(H,18,19)/t10-/m1/s1. The predicted octanol–water partition coefficient (Wildman–Crippen LogP) is 1.64. The zero-order valence-electron chi connectivity index (χ0n) is 12.2. The summed E-state index contributed by atoms with van der Waals surface area (Å²) >= 11 is 0. The van der Waals surface area contributed by atoms with Crippen LogP contribution in [0.2, 0.25) is 0 Å². The Bertz CT molecular complexity index is 543. The molecule has 1 amide bonds. The van der Waals surface area contributed by atoms with Crippen LogP contribution in [0.5, 0.6) is 11.5 Å². The van der Waals surface area contributed by atoms with Crippen LogP contribution in [-0.2, 0) is 4.79 Å². The van der Waals surface area contributed by atoms with Crippen molar-refractivity contribution in [2.75, 3.05) is 27.3 Å². The number of amides is 1. The second-order valence-electron chi connectivity index (χ2n) is 4.99. The highest BCUT2D eigenvalue weighted by molar-refractivity contribution is 5.97. The number of hydrogen-bond acceptors (Lipinski definition) is 4. The fraction of sp³-hybridized carbons (Fsp3) is 0.467. The molecule has 6 nitrogen and oxygen atoms in total. The lowest BCUT2D eigenvalue weighted by atomic mass is 9.97. The normalized spacial score (nSPS) is 18.2. The van der Waals surface area contributed by atoms with E-state index in [-0.39, 0.29) is 12.5 Å². The lowest BCUT2D eigenvalue weighted by Gasteiger charge is -2.31. The van der Waals surface area contributed by atoms with E-state index in [9.17, 15) is 9.59 Å². The second-order valence-corrected chi connectivity index (χ2v) is 4.99. The van der Waals surface area contributed by atoms with Crippen LogP contribution >= 0.6 is 0 Å². The maximum atomic E-state index is 12.6. The average Bonchev–Trinajstić information content (AvgIpc) is 2.53. The second kappa shape index (κ2) is 6.47. The molecule has 1 aliphatic heterocycles. The molecule has 114 valence electrons. The van der Waals surface area contributed by atoms with Gasteiger partial charge in [-0.3, -0.25) is 9.59 Å². The molecule has 0 bridgehead atoms. The van der Waals surface area contributed by atoms with Gasteiger partial charge in [-0.2, -0.15) is 0 Å². The number of hydrogen-bond donors (Lipinski definition) is 1. The van der Waals surface area contributed by atoms with Crippen LogP contribution in [0.1, 0.15) is 23.2 Å². The molecule has 1 atom stereocenters. The fourth-order valence-electron chi connectivity index (χ4n) is 2.51. The Kier molecular flexibility index (Phi) is 4.67. The molecule has 0 radical (unpaired) electrons. The minimum Gasteiger partial charge on any atom is -0.497 e. The third kappa shape index (κ3) is 3.26. The van der Waals surface area contributed by atoms with Gasteiger partial charge in [-0.15, -0.1) is 0 Å². The molecule has 1 aliphatic rings. The molecule has 1 aromatic rings. The number of piperidine rings is 1. The molecule has 1 N–H and O–H groups in total. The van der Waals surface area contributed by atoms with Crippen LogP contribution in [0.15, 0.2) is 18.2 Å². The maximum Gasteiger partial charge on any atom is 0.308 e. The number of aliphatic carboxylic acids is 1. The van der Waals surface area contributed by atoms with Crippen LogP contribution in [0.25, 0.3) is 0 Å². The van der Waals surface area contributed by atoms with Gasteiger partial charge in [0.25, 0.3) is 5.91 Å². The summed E-state index contributed by atoms with van der Waals surface area (Å²) in [6, 6.07) is 5.00. The van der Waals surface area contributed by atoms with Gasteiger partial charge in [0.05, 0.1) is 25.7 Å².